The van der Waals surface area contributed by atoms with Gasteiger partial charge in [-0.2, -0.15) is 0 Å². The Hall–Kier alpha value is -1.33. The molecule has 3 aromatic heterocycles. The number of benzene rings is 2. The summed E-state index contributed by atoms with van der Waals surface area (Å²) in [6.07, 6.45) is 5.70. The molecule has 3 heterocycles. The molecule has 2 aromatic carbocycles. The summed E-state index contributed by atoms with van der Waals surface area (Å²) in [5.41, 5.74) is 0. The van der Waals surface area contributed by atoms with Crippen LogP contribution in [0, 0.1) is 0 Å². The van der Waals surface area contributed by atoms with Gasteiger partial charge in [-0.05, 0) is 30.5 Å². The fraction of sp³-hybridized carbons (Fsp3) is 0.250. The molecular formula is C24H22S4. The Morgan fingerprint density at radius 3 is 2.43 bits per heavy atom. The molecule has 142 valence electrons. The van der Waals surface area contributed by atoms with Crippen LogP contribution in [0.25, 0.3) is 39.7 Å². The molecule has 5 aromatic rings. The molecule has 0 unspecified atom stereocenters. The quantitative estimate of drug-likeness (QED) is 0.194. The zero-order valence-electron chi connectivity index (χ0n) is 16.2. The molecule has 0 bridgehead atoms. The average Bonchev–Trinajstić information content (AvgIpc) is 3.33. The van der Waals surface area contributed by atoms with E-state index in [1.807, 2.05) is 45.8 Å². The van der Waals surface area contributed by atoms with Crippen LogP contribution >= 0.6 is 45.8 Å². The summed E-state index contributed by atoms with van der Waals surface area (Å²) in [6, 6.07) is 13.7. The maximum Gasteiger partial charge on any atom is 0.0542 e. The average molecular weight is 439 g/mol. The minimum Gasteiger partial charge on any atom is -0.139 e. The molecule has 0 fully saturated rings. The van der Waals surface area contributed by atoms with Gasteiger partial charge in [0, 0.05) is 45.8 Å². The highest BCUT2D eigenvalue weighted by molar-refractivity contribution is 7.99. The van der Waals surface area contributed by atoms with Crippen LogP contribution in [0.5, 0.6) is 0 Å². The van der Waals surface area contributed by atoms with Crippen molar-refractivity contribution in [2.75, 3.05) is 5.75 Å². The van der Waals surface area contributed by atoms with Crippen molar-refractivity contribution in [2.24, 2.45) is 0 Å². The third-order valence-corrected chi connectivity index (χ3v) is 10.2. The molecule has 5 rings (SSSR count). The van der Waals surface area contributed by atoms with Gasteiger partial charge in [-0.25, -0.2) is 0 Å². The Balaban J connectivity index is 1.74. The lowest BCUT2D eigenvalue weighted by Gasteiger charge is -2.06. The monoisotopic (exact) mass is 438 g/mol. The van der Waals surface area contributed by atoms with Crippen LogP contribution in [0.3, 0.4) is 0 Å². The van der Waals surface area contributed by atoms with Crippen LogP contribution in [0.4, 0.5) is 0 Å². The molecule has 0 N–H and O–H groups in total. The maximum absolute atomic E-state index is 2.48. The molecule has 4 heteroatoms. The summed E-state index contributed by atoms with van der Waals surface area (Å²) >= 11 is 7.90. The van der Waals surface area contributed by atoms with Crippen LogP contribution in [-0.4, -0.2) is 5.75 Å². The first kappa shape index (κ1) is 18.7. The van der Waals surface area contributed by atoms with E-state index in [1.165, 1.54) is 49.4 Å². The van der Waals surface area contributed by atoms with Gasteiger partial charge in [0.25, 0.3) is 0 Å². The van der Waals surface area contributed by atoms with Crippen molar-refractivity contribution in [3.05, 3.63) is 53.4 Å². The van der Waals surface area contributed by atoms with E-state index in [-0.39, 0.29) is 0 Å². The van der Waals surface area contributed by atoms with Gasteiger partial charge in [-0.3, -0.25) is 0 Å². The SMILES string of the molecule is CCC=CCSc1c(C(C)C)sc2cc3sc4c5ccccc5sc4c3cc12. The smallest absolute Gasteiger partial charge is 0.0542 e. The summed E-state index contributed by atoms with van der Waals surface area (Å²) < 4.78 is 7.19. The number of hydrogen-bond donors (Lipinski definition) is 0. The van der Waals surface area contributed by atoms with Crippen LogP contribution in [0.1, 0.15) is 38.0 Å². The minimum atomic E-state index is 0.567. The van der Waals surface area contributed by atoms with Crippen molar-refractivity contribution < 1.29 is 0 Å². The summed E-state index contributed by atoms with van der Waals surface area (Å²) in [6.45, 7) is 6.84. The van der Waals surface area contributed by atoms with Gasteiger partial charge in [0.2, 0.25) is 0 Å². The molecular weight excluding hydrogens is 417 g/mol. The molecule has 0 saturated heterocycles. The van der Waals surface area contributed by atoms with E-state index in [0.717, 1.165) is 12.2 Å². The van der Waals surface area contributed by atoms with Crippen LogP contribution < -0.4 is 0 Å². The van der Waals surface area contributed by atoms with Crippen molar-refractivity contribution in [3.8, 4) is 0 Å². The highest BCUT2D eigenvalue weighted by atomic mass is 32.2. The van der Waals surface area contributed by atoms with E-state index < -0.39 is 0 Å². The third-order valence-electron chi connectivity index (χ3n) is 5.03. The lowest BCUT2D eigenvalue weighted by Crippen LogP contribution is -1.85. The number of allylic oxidation sites excluding steroid dienone is 1. The highest BCUT2D eigenvalue weighted by Gasteiger charge is 2.18. The molecule has 0 atom stereocenters. The maximum atomic E-state index is 2.48. The Morgan fingerprint density at radius 1 is 0.857 bits per heavy atom. The predicted octanol–water partition coefficient (Wildman–Crippen LogP) is 9.67. The van der Waals surface area contributed by atoms with Crippen molar-refractivity contribution >= 4 is 85.4 Å². The highest BCUT2D eigenvalue weighted by Crippen LogP contribution is 2.49. The normalized spacial score (nSPS) is 12.7. The largest absolute Gasteiger partial charge is 0.139 e. The molecule has 0 aliphatic heterocycles. The van der Waals surface area contributed by atoms with E-state index in [0.29, 0.717) is 5.92 Å². The lowest BCUT2D eigenvalue weighted by atomic mass is 10.1. The van der Waals surface area contributed by atoms with Crippen molar-refractivity contribution in [2.45, 2.75) is 38.0 Å². The minimum absolute atomic E-state index is 0.567. The molecule has 0 aliphatic rings. The number of rotatable bonds is 5. The van der Waals surface area contributed by atoms with E-state index >= 15 is 0 Å². The van der Waals surface area contributed by atoms with Crippen molar-refractivity contribution in [1.29, 1.82) is 0 Å². The topological polar surface area (TPSA) is 0 Å². The van der Waals surface area contributed by atoms with Gasteiger partial charge in [-0.1, -0.05) is 51.1 Å². The second kappa shape index (κ2) is 7.49. The number of thioether (sulfide) groups is 1. The molecule has 0 saturated carbocycles. The molecule has 0 spiro atoms. The summed E-state index contributed by atoms with van der Waals surface area (Å²) in [7, 11) is 0. The Bertz CT molecular complexity index is 1330. The number of fused-ring (bicyclic) bond motifs is 6. The Morgan fingerprint density at radius 2 is 1.61 bits per heavy atom. The zero-order chi connectivity index (χ0) is 19.3. The first-order valence-corrected chi connectivity index (χ1v) is 13.2. The second-order valence-electron chi connectivity index (χ2n) is 7.34. The van der Waals surface area contributed by atoms with Gasteiger partial charge in [0.1, 0.15) is 0 Å². The zero-order valence-corrected chi connectivity index (χ0v) is 19.5. The fourth-order valence-electron chi connectivity index (χ4n) is 3.69. The predicted molar refractivity (Wildman–Crippen MR) is 134 cm³/mol. The van der Waals surface area contributed by atoms with E-state index in [4.69, 9.17) is 0 Å². The second-order valence-corrected chi connectivity index (χ2v) is 11.6. The van der Waals surface area contributed by atoms with Crippen LogP contribution in [0.2, 0.25) is 0 Å². The summed E-state index contributed by atoms with van der Waals surface area (Å²) in [5.74, 6) is 1.62. The van der Waals surface area contributed by atoms with Gasteiger partial charge in [-0.15, -0.1) is 45.8 Å². The summed E-state index contributed by atoms with van der Waals surface area (Å²) in [5, 5.41) is 4.30. The van der Waals surface area contributed by atoms with Crippen molar-refractivity contribution in [1.82, 2.24) is 0 Å². The van der Waals surface area contributed by atoms with E-state index in [9.17, 15) is 0 Å². The summed E-state index contributed by atoms with van der Waals surface area (Å²) in [4.78, 5) is 3.04. The van der Waals surface area contributed by atoms with Gasteiger partial charge >= 0.3 is 0 Å². The Labute approximate surface area is 181 Å². The molecule has 0 aliphatic carbocycles. The lowest BCUT2D eigenvalue weighted by molar-refractivity contribution is 0.872. The molecule has 0 radical (unpaired) electrons. The van der Waals surface area contributed by atoms with Crippen LogP contribution in [0.15, 0.2) is 53.4 Å². The van der Waals surface area contributed by atoms with E-state index in [2.05, 4.69) is 69.3 Å². The fourth-order valence-corrected chi connectivity index (χ4v) is 9.02. The van der Waals surface area contributed by atoms with Crippen LogP contribution in [-0.2, 0) is 0 Å². The van der Waals surface area contributed by atoms with Crippen molar-refractivity contribution in [3.63, 3.8) is 0 Å². The van der Waals surface area contributed by atoms with Gasteiger partial charge in [0.05, 0.1) is 9.40 Å². The third kappa shape index (κ3) is 3.02. The molecule has 0 nitrogen and oxygen atoms in total. The number of hydrogen-bond acceptors (Lipinski definition) is 4. The number of thiophene rings is 3. The first-order valence-electron chi connectivity index (χ1n) is 9.75. The van der Waals surface area contributed by atoms with Gasteiger partial charge in [0.15, 0.2) is 0 Å². The Kier molecular flexibility index (Phi) is 5.00. The molecule has 0 amide bonds. The van der Waals surface area contributed by atoms with E-state index in [1.54, 1.807) is 0 Å². The first-order chi connectivity index (χ1) is 13.7. The molecule has 28 heavy (non-hydrogen) atoms. The standard InChI is InChI=1S/C24H22S4/c1-4-5-8-11-25-22-16-12-17-20(13-19(16)27-21(22)14(2)3)28-23-15-9-6-7-10-18(15)26-24(17)23/h5-10,12-14H,4,11H2,1-3H3. The van der Waals surface area contributed by atoms with Gasteiger partial charge < -0.3 is 0 Å².